The molecule has 0 fully saturated rings. The number of halogens is 1. The van der Waals surface area contributed by atoms with Crippen molar-refractivity contribution in [1.82, 2.24) is 14.6 Å². The van der Waals surface area contributed by atoms with E-state index >= 15 is 0 Å². The summed E-state index contributed by atoms with van der Waals surface area (Å²) in [6, 6.07) is 6.45. The molecule has 0 spiro atoms. The van der Waals surface area contributed by atoms with Crippen molar-refractivity contribution < 1.29 is 9.50 Å². The fraction of sp³-hybridized carbons (Fsp3) is 0.368. The maximum atomic E-state index is 13.3. The van der Waals surface area contributed by atoms with Gasteiger partial charge in [0.1, 0.15) is 11.6 Å². The molecule has 0 amide bonds. The van der Waals surface area contributed by atoms with E-state index in [9.17, 15) is 4.39 Å². The summed E-state index contributed by atoms with van der Waals surface area (Å²) in [7, 11) is 0. The average Bonchev–Trinajstić information content (AvgIpc) is 2.97. The highest BCUT2D eigenvalue weighted by Gasteiger charge is 2.19. The maximum absolute atomic E-state index is 13.3. The predicted octanol–water partition coefficient (Wildman–Crippen LogP) is 3.51. The molecule has 0 radical (unpaired) electrons. The van der Waals surface area contributed by atoms with Crippen molar-refractivity contribution in [1.29, 1.82) is 0 Å². The van der Waals surface area contributed by atoms with E-state index in [0.29, 0.717) is 13.0 Å². The van der Waals surface area contributed by atoms with Crippen molar-refractivity contribution >= 4 is 11.5 Å². The third kappa shape index (κ3) is 3.22. The van der Waals surface area contributed by atoms with E-state index in [0.717, 1.165) is 46.0 Å². The lowest BCUT2D eigenvalue weighted by Gasteiger charge is -2.13. The summed E-state index contributed by atoms with van der Waals surface area (Å²) in [5, 5.41) is 17.1. The molecule has 2 heterocycles. The van der Waals surface area contributed by atoms with E-state index in [1.54, 1.807) is 12.1 Å². The second kappa shape index (κ2) is 7.19. The number of anilines is 1. The van der Waals surface area contributed by atoms with Gasteiger partial charge in [-0.15, -0.1) is 0 Å². The van der Waals surface area contributed by atoms with Gasteiger partial charge in [-0.25, -0.2) is 9.37 Å². The molecule has 25 heavy (non-hydrogen) atoms. The molecule has 3 aromatic rings. The first-order chi connectivity index (χ1) is 12.1. The number of aromatic nitrogens is 3. The van der Waals surface area contributed by atoms with Crippen molar-refractivity contribution in [3.8, 4) is 11.1 Å². The van der Waals surface area contributed by atoms with E-state index in [4.69, 9.17) is 15.2 Å². The summed E-state index contributed by atoms with van der Waals surface area (Å²) >= 11 is 0. The summed E-state index contributed by atoms with van der Waals surface area (Å²) in [6.07, 6.45) is 1.42. The third-order valence-electron chi connectivity index (χ3n) is 4.41. The summed E-state index contributed by atoms with van der Waals surface area (Å²) in [6.45, 7) is 6.82. The van der Waals surface area contributed by atoms with Crippen LogP contribution in [0.5, 0.6) is 0 Å². The number of nitrogens with zero attached hydrogens (tertiary/aromatic N) is 3. The zero-order chi connectivity index (χ0) is 18.0. The Morgan fingerprint density at radius 3 is 2.56 bits per heavy atom. The topological polar surface area (TPSA) is 62.5 Å². The fourth-order valence-electron chi connectivity index (χ4n) is 2.94. The van der Waals surface area contributed by atoms with Crippen LogP contribution in [0, 0.1) is 19.7 Å². The van der Waals surface area contributed by atoms with Crippen LogP contribution in [0.4, 0.5) is 10.2 Å². The summed E-state index contributed by atoms with van der Waals surface area (Å²) in [5.74, 6) is 0.628. The molecular weight excluding hydrogens is 319 g/mol. The van der Waals surface area contributed by atoms with Gasteiger partial charge >= 0.3 is 0 Å². The van der Waals surface area contributed by atoms with Crippen LogP contribution in [0.1, 0.15) is 30.3 Å². The van der Waals surface area contributed by atoms with Gasteiger partial charge in [0.05, 0.1) is 5.69 Å². The van der Waals surface area contributed by atoms with Gasteiger partial charge in [0.15, 0.2) is 5.65 Å². The minimum Gasteiger partial charge on any atom is -0.396 e. The van der Waals surface area contributed by atoms with Crippen molar-refractivity contribution in [2.45, 2.75) is 33.6 Å². The summed E-state index contributed by atoms with van der Waals surface area (Å²) < 4.78 is 15.1. The minimum atomic E-state index is -0.260. The lowest BCUT2D eigenvalue weighted by Crippen LogP contribution is -2.11. The van der Waals surface area contributed by atoms with E-state index in [-0.39, 0.29) is 12.4 Å². The zero-order valence-corrected chi connectivity index (χ0v) is 14.8. The van der Waals surface area contributed by atoms with E-state index in [1.807, 2.05) is 25.3 Å². The van der Waals surface area contributed by atoms with Crippen LogP contribution in [0.2, 0.25) is 0 Å². The lowest BCUT2D eigenvalue weighted by atomic mass is 10.0. The Kier molecular flexibility index (Phi) is 4.99. The predicted molar refractivity (Wildman–Crippen MR) is 97.4 cm³/mol. The molecule has 0 saturated carbocycles. The summed E-state index contributed by atoms with van der Waals surface area (Å²) in [4.78, 5) is 4.75. The van der Waals surface area contributed by atoms with Crippen LogP contribution < -0.4 is 5.32 Å². The number of benzene rings is 1. The van der Waals surface area contributed by atoms with E-state index in [1.165, 1.54) is 12.1 Å². The molecule has 6 heteroatoms. The van der Waals surface area contributed by atoms with Crippen molar-refractivity contribution in [2.24, 2.45) is 0 Å². The Bertz CT molecular complexity index is 887. The molecule has 0 unspecified atom stereocenters. The van der Waals surface area contributed by atoms with Crippen LogP contribution >= 0.6 is 0 Å². The number of hydrogen-bond acceptors (Lipinski definition) is 4. The normalized spacial score (nSPS) is 11.2. The Balaban J connectivity index is 2.22. The monoisotopic (exact) mass is 342 g/mol. The Morgan fingerprint density at radius 1 is 1.20 bits per heavy atom. The van der Waals surface area contributed by atoms with Gasteiger partial charge in [-0.1, -0.05) is 19.1 Å². The van der Waals surface area contributed by atoms with Crippen molar-refractivity contribution in [2.75, 3.05) is 18.5 Å². The highest BCUT2D eigenvalue weighted by Crippen LogP contribution is 2.31. The highest BCUT2D eigenvalue weighted by atomic mass is 19.1. The highest BCUT2D eigenvalue weighted by molar-refractivity contribution is 5.81. The van der Waals surface area contributed by atoms with E-state index < -0.39 is 0 Å². The standard InChI is InChI=1S/C19H23FN4O/c1-4-16-17(14-6-8-15(20)9-7-14)19-22-13(3)12(2)18(24(19)23-16)21-10-5-11-25/h6-9,21,25H,4-5,10-11H2,1-3H3. The molecule has 0 aliphatic heterocycles. The van der Waals surface area contributed by atoms with Crippen LogP contribution in [0.3, 0.4) is 0 Å². The number of nitrogens with one attached hydrogen (secondary N) is 1. The first-order valence-electron chi connectivity index (χ1n) is 8.56. The first-order valence-corrected chi connectivity index (χ1v) is 8.56. The second-order valence-electron chi connectivity index (χ2n) is 6.09. The fourth-order valence-corrected chi connectivity index (χ4v) is 2.94. The van der Waals surface area contributed by atoms with Crippen LogP contribution in [-0.2, 0) is 6.42 Å². The Morgan fingerprint density at radius 2 is 1.92 bits per heavy atom. The minimum absolute atomic E-state index is 0.138. The van der Waals surface area contributed by atoms with Crippen LogP contribution in [-0.4, -0.2) is 32.9 Å². The number of aliphatic hydroxyl groups excluding tert-OH is 1. The van der Waals surface area contributed by atoms with E-state index in [2.05, 4.69) is 5.32 Å². The Labute approximate surface area is 146 Å². The molecule has 3 rings (SSSR count). The van der Waals surface area contributed by atoms with Crippen LogP contribution in [0.25, 0.3) is 16.8 Å². The molecule has 0 aliphatic carbocycles. The molecule has 132 valence electrons. The number of fused-ring (bicyclic) bond motifs is 1. The molecule has 2 aromatic heterocycles. The second-order valence-corrected chi connectivity index (χ2v) is 6.09. The average molecular weight is 342 g/mol. The van der Waals surface area contributed by atoms with Crippen molar-refractivity contribution in [3.63, 3.8) is 0 Å². The van der Waals surface area contributed by atoms with Gasteiger partial charge in [0.2, 0.25) is 0 Å². The van der Waals surface area contributed by atoms with Crippen molar-refractivity contribution in [3.05, 3.63) is 47.0 Å². The lowest BCUT2D eigenvalue weighted by molar-refractivity contribution is 0.292. The molecule has 5 nitrogen and oxygen atoms in total. The largest absolute Gasteiger partial charge is 0.396 e. The zero-order valence-electron chi connectivity index (χ0n) is 14.8. The van der Waals surface area contributed by atoms with Gasteiger partial charge < -0.3 is 10.4 Å². The molecule has 0 saturated heterocycles. The smallest absolute Gasteiger partial charge is 0.165 e. The number of rotatable bonds is 6. The maximum Gasteiger partial charge on any atom is 0.165 e. The van der Waals surface area contributed by atoms with Gasteiger partial charge in [-0.2, -0.15) is 9.61 Å². The summed E-state index contributed by atoms with van der Waals surface area (Å²) in [5.41, 5.74) is 5.49. The molecule has 1 aromatic carbocycles. The number of aryl methyl sites for hydroxylation is 2. The molecule has 2 N–H and O–H groups in total. The molecular formula is C19H23FN4O. The molecule has 0 bridgehead atoms. The number of hydrogen-bond donors (Lipinski definition) is 2. The molecule has 0 aliphatic rings. The van der Waals surface area contributed by atoms with Gasteiger partial charge in [0.25, 0.3) is 0 Å². The molecule has 0 atom stereocenters. The third-order valence-corrected chi connectivity index (χ3v) is 4.41. The number of aliphatic hydroxyl groups is 1. The van der Waals surface area contributed by atoms with Gasteiger partial charge in [0, 0.05) is 30.0 Å². The van der Waals surface area contributed by atoms with Gasteiger partial charge in [-0.05, 0) is 44.4 Å². The quantitative estimate of drug-likeness (QED) is 0.673. The Hall–Kier alpha value is -2.47. The first kappa shape index (κ1) is 17.4. The SMILES string of the molecule is CCc1nn2c(NCCCO)c(C)c(C)nc2c1-c1ccc(F)cc1. The van der Waals surface area contributed by atoms with Gasteiger partial charge in [-0.3, -0.25) is 0 Å². The van der Waals surface area contributed by atoms with Crippen LogP contribution in [0.15, 0.2) is 24.3 Å².